The molecule has 2 aliphatic rings. The van der Waals surface area contributed by atoms with E-state index in [1.165, 1.54) is 38.5 Å². The van der Waals surface area contributed by atoms with Crippen LogP contribution in [0.3, 0.4) is 0 Å². The number of anilines is 1. The molecule has 114 valence electrons. The van der Waals surface area contributed by atoms with Crippen molar-refractivity contribution in [1.82, 2.24) is 4.90 Å². The van der Waals surface area contributed by atoms with E-state index in [1.54, 1.807) is 6.07 Å². The third-order valence-corrected chi connectivity index (χ3v) is 5.56. The minimum atomic E-state index is 0.610. The van der Waals surface area contributed by atoms with E-state index in [2.05, 4.69) is 10.2 Å². The van der Waals surface area contributed by atoms with E-state index in [-0.39, 0.29) is 0 Å². The Labute approximate surface area is 141 Å². The van der Waals surface area contributed by atoms with E-state index < -0.39 is 0 Å². The van der Waals surface area contributed by atoms with Crippen molar-refractivity contribution in [2.75, 3.05) is 11.9 Å². The zero-order valence-corrected chi connectivity index (χ0v) is 14.3. The topological polar surface area (TPSA) is 15.3 Å². The average molecular weight is 343 g/mol. The van der Waals surface area contributed by atoms with Crippen LogP contribution < -0.4 is 5.32 Å². The maximum Gasteiger partial charge on any atom is 0.173 e. The first-order valence-corrected chi connectivity index (χ1v) is 8.84. The molecule has 1 heterocycles. The molecule has 1 aromatic rings. The summed E-state index contributed by atoms with van der Waals surface area (Å²) in [6.45, 7) is 1.05. The molecule has 0 aromatic heterocycles. The van der Waals surface area contributed by atoms with Crippen LogP contribution in [-0.4, -0.2) is 22.6 Å². The van der Waals surface area contributed by atoms with Gasteiger partial charge in [-0.1, -0.05) is 36.0 Å². The summed E-state index contributed by atoms with van der Waals surface area (Å²) in [5.41, 5.74) is 0.837. The molecule has 0 radical (unpaired) electrons. The standard InChI is InChI=1S/C16H20Cl2N2S/c17-12-7-8-14(13(18)10-12)19-16(21)20-9-3-5-11-4-1-2-6-15(11)20/h7-8,10-11,15H,1-6,9H2,(H,19,21)/t11-,15+/m0/s1. The third-order valence-electron chi connectivity index (χ3n) is 4.68. The van der Waals surface area contributed by atoms with Gasteiger partial charge in [0.1, 0.15) is 0 Å². The van der Waals surface area contributed by atoms with Crippen LogP contribution in [0.5, 0.6) is 0 Å². The van der Waals surface area contributed by atoms with Gasteiger partial charge in [-0.25, -0.2) is 0 Å². The number of fused-ring (bicyclic) bond motifs is 1. The Bertz CT molecular complexity index is 533. The van der Waals surface area contributed by atoms with Crippen molar-refractivity contribution in [3.63, 3.8) is 0 Å². The second kappa shape index (κ2) is 6.72. The Morgan fingerprint density at radius 2 is 1.90 bits per heavy atom. The lowest BCUT2D eigenvalue weighted by atomic mass is 9.78. The van der Waals surface area contributed by atoms with Crippen LogP contribution in [0, 0.1) is 5.92 Å². The highest BCUT2D eigenvalue weighted by atomic mass is 35.5. The molecular formula is C16H20Cl2N2S. The lowest BCUT2D eigenvalue weighted by Gasteiger charge is -2.45. The molecule has 3 rings (SSSR count). The number of halogens is 2. The molecule has 1 saturated carbocycles. The SMILES string of the molecule is S=C(Nc1ccc(Cl)cc1Cl)N1CCC[C@@H]2CCCC[C@H]21. The summed E-state index contributed by atoms with van der Waals surface area (Å²) in [5, 5.41) is 5.36. The molecule has 2 fully saturated rings. The van der Waals surface area contributed by atoms with Crippen LogP contribution >= 0.6 is 35.4 Å². The Morgan fingerprint density at radius 3 is 2.71 bits per heavy atom. The smallest absolute Gasteiger partial charge is 0.173 e. The van der Waals surface area contributed by atoms with Gasteiger partial charge in [0.05, 0.1) is 10.7 Å². The van der Waals surface area contributed by atoms with Gasteiger partial charge in [-0.15, -0.1) is 0 Å². The molecule has 1 N–H and O–H groups in total. The van der Waals surface area contributed by atoms with Crippen molar-refractivity contribution in [1.29, 1.82) is 0 Å². The monoisotopic (exact) mass is 342 g/mol. The molecule has 1 aromatic carbocycles. The fraction of sp³-hybridized carbons (Fsp3) is 0.562. The van der Waals surface area contributed by atoms with E-state index in [9.17, 15) is 0 Å². The largest absolute Gasteiger partial charge is 0.346 e. The summed E-state index contributed by atoms with van der Waals surface area (Å²) in [6, 6.07) is 6.07. The highest BCUT2D eigenvalue weighted by molar-refractivity contribution is 7.80. The highest BCUT2D eigenvalue weighted by Gasteiger charge is 2.34. The van der Waals surface area contributed by atoms with Gasteiger partial charge in [0.2, 0.25) is 0 Å². The first-order chi connectivity index (χ1) is 10.1. The molecule has 0 bridgehead atoms. The Hall–Kier alpha value is -0.510. The molecular weight excluding hydrogens is 323 g/mol. The van der Waals surface area contributed by atoms with Gasteiger partial charge in [0, 0.05) is 17.6 Å². The van der Waals surface area contributed by atoms with Crippen molar-refractivity contribution in [2.24, 2.45) is 5.92 Å². The van der Waals surface area contributed by atoms with Crippen molar-refractivity contribution in [3.8, 4) is 0 Å². The molecule has 2 atom stereocenters. The fourth-order valence-electron chi connectivity index (χ4n) is 3.65. The van der Waals surface area contributed by atoms with Crippen molar-refractivity contribution in [2.45, 2.75) is 44.6 Å². The minimum Gasteiger partial charge on any atom is -0.346 e. The first kappa shape index (κ1) is 15.4. The van der Waals surface area contributed by atoms with Gasteiger partial charge in [0.15, 0.2) is 5.11 Å². The predicted octanol–water partition coefficient (Wildman–Crippen LogP) is 5.34. The van der Waals surface area contributed by atoms with E-state index in [4.69, 9.17) is 35.4 Å². The maximum atomic E-state index is 6.22. The summed E-state index contributed by atoms with van der Waals surface area (Å²) in [7, 11) is 0. The normalized spacial score (nSPS) is 25.3. The lowest BCUT2D eigenvalue weighted by molar-refractivity contribution is 0.121. The molecule has 0 amide bonds. The van der Waals surface area contributed by atoms with Crippen LogP contribution in [0.2, 0.25) is 10.0 Å². The second-order valence-corrected chi connectivity index (χ2v) is 7.23. The van der Waals surface area contributed by atoms with Crippen LogP contribution in [-0.2, 0) is 0 Å². The number of hydrogen-bond donors (Lipinski definition) is 1. The molecule has 21 heavy (non-hydrogen) atoms. The quantitative estimate of drug-likeness (QED) is 0.693. The number of thiocarbonyl (C=S) groups is 1. The number of likely N-dealkylation sites (tertiary alicyclic amines) is 1. The number of nitrogens with one attached hydrogen (secondary N) is 1. The minimum absolute atomic E-state index is 0.610. The second-order valence-electron chi connectivity index (χ2n) is 6.00. The average Bonchev–Trinajstić information content (AvgIpc) is 2.49. The number of rotatable bonds is 1. The van der Waals surface area contributed by atoms with Crippen LogP contribution in [0.15, 0.2) is 18.2 Å². The van der Waals surface area contributed by atoms with Gasteiger partial charge in [-0.2, -0.15) is 0 Å². The van der Waals surface area contributed by atoms with Gasteiger partial charge in [0.25, 0.3) is 0 Å². The summed E-state index contributed by atoms with van der Waals surface area (Å²) in [5.74, 6) is 0.813. The molecule has 0 spiro atoms. The molecule has 1 aliphatic heterocycles. The summed E-state index contributed by atoms with van der Waals surface area (Å²) < 4.78 is 0. The lowest BCUT2D eigenvalue weighted by Crippen LogP contribution is -2.51. The molecule has 0 unspecified atom stereocenters. The summed E-state index contributed by atoms with van der Waals surface area (Å²) in [4.78, 5) is 2.38. The van der Waals surface area contributed by atoms with Crippen molar-refractivity contribution >= 4 is 46.2 Å². The van der Waals surface area contributed by atoms with Crippen LogP contribution in [0.4, 0.5) is 5.69 Å². The van der Waals surface area contributed by atoms with Crippen LogP contribution in [0.25, 0.3) is 0 Å². The zero-order valence-electron chi connectivity index (χ0n) is 11.9. The highest BCUT2D eigenvalue weighted by Crippen LogP contribution is 2.36. The molecule has 1 saturated heterocycles. The van der Waals surface area contributed by atoms with E-state index in [0.29, 0.717) is 16.1 Å². The van der Waals surface area contributed by atoms with Gasteiger partial charge >= 0.3 is 0 Å². The van der Waals surface area contributed by atoms with E-state index >= 15 is 0 Å². The zero-order chi connectivity index (χ0) is 14.8. The number of nitrogens with zero attached hydrogens (tertiary/aromatic N) is 1. The fourth-order valence-corrected chi connectivity index (χ4v) is 4.45. The summed E-state index contributed by atoms with van der Waals surface area (Å²) in [6.07, 6.45) is 7.90. The first-order valence-electron chi connectivity index (χ1n) is 7.68. The van der Waals surface area contributed by atoms with Crippen molar-refractivity contribution < 1.29 is 0 Å². The van der Waals surface area contributed by atoms with E-state index in [0.717, 1.165) is 23.3 Å². The van der Waals surface area contributed by atoms with Gasteiger partial charge < -0.3 is 10.2 Å². The molecule has 1 aliphatic carbocycles. The predicted molar refractivity (Wildman–Crippen MR) is 94.4 cm³/mol. The van der Waals surface area contributed by atoms with E-state index in [1.807, 2.05) is 12.1 Å². The Morgan fingerprint density at radius 1 is 1.14 bits per heavy atom. The van der Waals surface area contributed by atoms with Crippen molar-refractivity contribution in [3.05, 3.63) is 28.2 Å². The maximum absolute atomic E-state index is 6.22. The van der Waals surface area contributed by atoms with Crippen LogP contribution in [0.1, 0.15) is 38.5 Å². The Kier molecular flexibility index (Phi) is 4.92. The summed E-state index contributed by atoms with van der Waals surface area (Å²) >= 11 is 17.8. The van der Waals surface area contributed by atoms with Gasteiger partial charge in [-0.05, 0) is 62.0 Å². The Balaban J connectivity index is 1.71. The number of hydrogen-bond acceptors (Lipinski definition) is 1. The third kappa shape index (κ3) is 3.46. The number of piperidine rings is 1. The van der Waals surface area contributed by atoms with Gasteiger partial charge in [-0.3, -0.25) is 0 Å². The number of benzene rings is 1. The molecule has 5 heteroatoms. The molecule has 2 nitrogen and oxygen atoms in total.